The van der Waals surface area contributed by atoms with E-state index in [1.165, 1.54) is 22.3 Å². The topological polar surface area (TPSA) is 18.5 Å². The van der Waals surface area contributed by atoms with Crippen LogP contribution in [0.4, 0.5) is 0 Å². The molecule has 0 aliphatic heterocycles. The zero-order valence-electron chi connectivity index (χ0n) is 23.1. The van der Waals surface area contributed by atoms with Crippen molar-refractivity contribution in [1.29, 1.82) is 0 Å². The average Bonchev–Trinajstić information content (AvgIpc) is 3.59. The highest BCUT2D eigenvalue weighted by molar-refractivity contribution is 6.37. The van der Waals surface area contributed by atoms with Crippen LogP contribution < -0.4 is 9.78 Å². The third-order valence-corrected chi connectivity index (χ3v) is 9.62. The van der Waals surface area contributed by atoms with E-state index in [1.807, 2.05) is 36.4 Å². The lowest BCUT2D eigenvalue weighted by Crippen LogP contribution is -2.08. The molecular weight excluding hydrogens is 630 g/mol. The first-order chi connectivity index (χ1) is 21.5. The molecule has 6 heteroatoms. The third kappa shape index (κ3) is 4.57. The molecule has 0 N–H and O–H groups in total. The molecule has 0 aromatic heterocycles. The van der Waals surface area contributed by atoms with Gasteiger partial charge in [0.15, 0.2) is 11.5 Å². The Morgan fingerprint density at radius 3 is 1.20 bits per heavy atom. The second-order valence-corrected chi connectivity index (χ2v) is 12.7. The molecule has 6 aromatic rings. The summed E-state index contributed by atoms with van der Waals surface area (Å²) < 4.78 is 0. The summed E-state index contributed by atoms with van der Waals surface area (Å²) in [4.78, 5) is 13.1. The molecule has 0 saturated heterocycles. The van der Waals surface area contributed by atoms with E-state index in [2.05, 4.69) is 60.7 Å². The summed E-state index contributed by atoms with van der Waals surface area (Å²) in [6.07, 6.45) is 1.41. The van der Waals surface area contributed by atoms with Crippen molar-refractivity contribution < 1.29 is 9.78 Å². The number of hydrogen-bond donors (Lipinski definition) is 0. The molecule has 2 nitrogen and oxygen atoms in total. The van der Waals surface area contributed by atoms with Gasteiger partial charge in [-0.3, -0.25) is 9.78 Å². The second kappa shape index (κ2) is 10.9. The minimum atomic E-state index is 0.530. The summed E-state index contributed by atoms with van der Waals surface area (Å²) in [5.74, 6) is 1.23. The zero-order valence-corrected chi connectivity index (χ0v) is 26.2. The van der Waals surface area contributed by atoms with Crippen LogP contribution in [0.2, 0.25) is 20.1 Å². The normalized spacial score (nSPS) is 12.4. The zero-order chi connectivity index (χ0) is 29.9. The van der Waals surface area contributed by atoms with Gasteiger partial charge in [-0.1, -0.05) is 119 Å². The molecule has 0 saturated carbocycles. The van der Waals surface area contributed by atoms with E-state index in [9.17, 15) is 0 Å². The quantitative estimate of drug-likeness (QED) is 0.136. The lowest BCUT2D eigenvalue weighted by atomic mass is 9.97. The first kappa shape index (κ1) is 27.6. The van der Waals surface area contributed by atoms with Crippen LogP contribution in [0.1, 0.15) is 22.3 Å². The highest BCUT2D eigenvalue weighted by atomic mass is 35.5. The number of benzene rings is 6. The van der Waals surface area contributed by atoms with Gasteiger partial charge in [-0.2, -0.15) is 0 Å². The molecule has 0 atom stereocenters. The fourth-order valence-corrected chi connectivity index (χ4v) is 7.50. The SMILES string of the molecule is Clc1ccc(-c2ccc3c(c2OOc2c(-c4ccc(Cl)cc4Cl)ccc4c2Cc2ccccc2-4)Cc2ccccc2-3)c(Cl)c1. The Bertz CT molecular complexity index is 1980. The molecule has 8 rings (SSSR count). The van der Waals surface area contributed by atoms with Crippen LogP contribution >= 0.6 is 46.4 Å². The Hall–Kier alpha value is -3.92. The van der Waals surface area contributed by atoms with Crippen LogP contribution in [0.5, 0.6) is 11.5 Å². The molecule has 0 spiro atoms. The number of hydrogen-bond acceptors (Lipinski definition) is 2. The summed E-state index contributed by atoms with van der Waals surface area (Å²) in [7, 11) is 0. The number of fused-ring (bicyclic) bond motifs is 6. The van der Waals surface area contributed by atoms with Gasteiger partial charge in [0.1, 0.15) is 0 Å². The summed E-state index contributed by atoms with van der Waals surface area (Å²) in [5, 5.41) is 2.19. The number of halogens is 4. The van der Waals surface area contributed by atoms with Crippen molar-refractivity contribution in [2.45, 2.75) is 12.8 Å². The van der Waals surface area contributed by atoms with Gasteiger partial charge in [0.2, 0.25) is 0 Å². The van der Waals surface area contributed by atoms with Gasteiger partial charge in [0, 0.05) is 56.3 Å². The van der Waals surface area contributed by atoms with E-state index in [1.54, 1.807) is 12.1 Å². The molecular formula is C38H22Cl4O2. The van der Waals surface area contributed by atoms with Gasteiger partial charge in [0.05, 0.1) is 10.0 Å². The van der Waals surface area contributed by atoms with E-state index in [0.717, 1.165) is 44.5 Å². The lowest BCUT2D eigenvalue weighted by Gasteiger charge is -2.19. The molecule has 0 heterocycles. The standard InChI is InChI=1S/C38H22Cl4O2/c39-23-9-11-29(35(41)19-23)31-15-13-27-25-7-3-1-5-21(25)17-33(27)37(31)43-44-38-32(30-12-10-24(40)20-36(30)42)16-14-28-26-8-4-2-6-22(26)18-34(28)38/h1-16,19-20H,17-18H2. The molecule has 0 bridgehead atoms. The van der Waals surface area contributed by atoms with E-state index in [-0.39, 0.29) is 0 Å². The summed E-state index contributed by atoms with van der Waals surface area (Å²) in [6, 6.07) is 36.1. The Morgan fingerprint density at radius 1 is 0.386 bits per heavy atom. The monoisotopic (exact) mass is 650 g/mol. The fourth-order valence-electron chi connectivity index (χ4n) is 6.48. The molecule has 0 amide bonds. The highest BCUT2D eigenvalue weighted by Gasteiger charge is 2.29. The Kier molecular flexibility index (Phi) is 6.85. The minimum Gasteiger partial charge on any atom is -0.289 e. The van der Waals surface area contributed by atoms with E-state index in [0.29, 0.717) is 44.4 Å². The van der Waals surface area contributed by atoms with Crippen LogP contribution in [0, 0.1) is 0 Å². The predicted molar refractivity (Wildman–Crippen MR) is 182 cm³/mol. The minimum absolute atomic E-state index is 0.530. The summed E-state index contributed by atoms with van der Waals surface area (Å²) in [6.45, 7) is 0. The van der Waals surface area contributed by atoms with Gasteiger partial charge in [-0.15, -0.1) is 0 Å². The van der Waals surface area contributed by atoms with E-state index < -0.39 is 0 Å². The Morgan fingerprint density at radius 2 is 0.773 bits per heavy atom. The molecule has 0 fully saturated rings. The van der Waals surface area contributed by atoms with Crippen LogP contribution in [0.3, 0.4) is 0 Å². The van der Waals surface area contributed by atoms with Crippen LogP contribution in [-0.2, 0) is 12.8 Å². The fraction of sp³-hybridized carbons (Fsp3) is 0.0526. The molecule has 2 aliphatic rings. The number of rotatable bonds is 5. The van der Waals surface area contributed by atoms with Crippen molar-refractivity contribution >= 4 is 46.4 Å². The van der Waals surface area contributed by atoms with Crippen molar-refractivity contribution in [3.8, 4) is 56.0 Å². The molecule has 6 aromatic carbocycles. The largest absolute Gasteiger partial charge is 0.289 e. The van der Waals surface area contributed by atoms with Gasteiger partial charge in [-0.05, 0) is 69.8 Å². The van der Waals surface area contributed by atoms with E-state index in [4.69, 9.17) is 56.2 Å². The second-order valence-electron chi connectivity index (χ2n) is 11.0. The maximum Gasteiger partial charge on any atom is 0.190 e. The van der Waals surface area contributed by atoms with E-state index >= 15 is 0 Å². The maximum absolute atomic E-state index is 6.75. The Balaban J connectivity index is 1.30. The summed E-state index contributed by atoms with van der Waals surface area (Å²) in [5.41, 5.74) is 12.4. The van der Waals surface area contributed by atoms with Gasteiger partial charge in [0.25, 0.3) is 0 Å². The molecule has 0 unspecified atom stereocenters. The molecule has 2 aliphatic carbocycles. The van der Waals surface area contributed by atoms with Crippen molar-refractivity contribution in [2.75, 3.05) is 0 Å². The molecule has 44 heavy (non-hydrogen) atoms. The van der Waals surface area contributed by atoms with Crippen molar-refractivity contribution in [1.82, 2.24) is 0 Å². The molecule has 214 valence electrons. The molecule has 0 radical (unpaired) electrons. The highest BCUT2D eigenvalue weighted by Crippen LogP contribution is 2.50. The maximum atomic E-state index is 6.75. The summed E-state index contributed by atoms with van der Waals surface area (Å²) >= 11 is 26.0. The van der Waals surface area contributed by atoms with Crippen molar-refractivity contribution in [3.63, 3.8) is 0 Å². The smallest absolute Gasteiger partial charge is 0.190 e. The third-order valence-electron chi connectivity index (χ3n) is 8.52. The van der Waals surface area contributed by atoms with Crippen LogP contribution in [0.25, 0.3) is 44.5 Å². The lowest BCUT2D eigenvalue weighted by molar-refractivity contribution is -0.1000. The predicted octanol–water partition coefficient (Wildman–Crippen LogP) is 12.1. The van der Waals surface area contributed by atoms with Crippen LogP contribution in [-0.4, -0.2) is 0 Å². The van der Waals surface area contributed by atoms with Crippen molar-refractivity contribution in [3.05, 3.63) is 152 Å². The van der Waals surface area contributed by atoms with Gasteiger partial charge >= 0.3 is 0 Å². The van der Waals surface area contributed by atoms with Gasteiger partial charge in [-0.25, -0.2) is 0 Å². The van der Waals surface area contributed by atoms with Gasteiger partial charge < -0.3 is 0 Å². The van der Waals surface area contributed by atoms with Crippen LogP contribution in [0.15, 0.2) is 109 Å². The Labute approximate surface area is 275 Å². The van der Waals surface area contributed by atoms with Crippen molar-refractivity contribution in [2.24, 2.45) is 0 Å². The first-order valence-corrected chi connectivity index (χ1v) is 15.7. The average molecular weight is 652 g/mol. The first-order valence-electron chi connectivity index (χ1n) is 14.2.